The van der Waals surface area contributed by atoms with E-state index >= 15 is 0 Å². The van der Waals surface area contributed by atoms with Gasteiger partial charge in [-0.1, -0.05) is 36.4 Å². The normalized spacial score (nSPS) is 19.1. The second kappa shape index (κ2) is 6.83. The minimum absolute atomic E-state index is 0.00363. The molecule has 1 unspecified atom stereocenters. The molecule has 1 saturated heterocycles. The Morgan fingerprint density at radius 3 is 2.63 bits per heavy atom. The Balaban J connectivity index is 1.54. The number of hydrogen-bond donors (Lipinski definition) is 1. The number of nitrogens with one attached hydrogen (secondary N) is 1. The molecule has 6 nitrogen and oxygen atoms in total. The summed E-state index contributed by atoms with van der Waals surface area (Å²) in [6.07, 6.45) is 0.397. The number of amides is 3. The van der Waals surface area contributed by atoms with Crippen LogP contribution in [-0.2, 0) is 22.7 Å². The van der Waals surface area contributed by atoms with Gasteiger partial charge in [0.2, 0.25) is 11.8 Å². The second-order valence-electron chi connectivity index (χ2n) is 6.59. The fourth-order valence-corrected chi connectivity index (χ4v) is 3.44. The summed E-state index contributed by atoms with van der Waals surface area (Å²) in [5.41, 5.74) is 1.33. The van der Waals surface area contributed by atoms with Crippen LogP contribution < -0.4 is 10.1 Å². The summed E-state index contributed by atoms with van der Waals surface area (Å²) in [5, 5.41) is 2.23. The van der Waals surface area contributed by atoms with E-state index in [1.165, 1.54) is 11.0 Å². The van der Waals surface area contributed by atoms with E-state index in [2.05, 4.69) is 5.32 Å². The van der Waals surface area contributed by atoms with Gasteiger partial charge in [0.1, 0.15) is 12.6 Å². The van der Waals surface area contributed by atoms with Crippen molar-refractivity contribution in [1.29, 1.82) is 0 Å². The number of imide groups is 1. The Kier molecular flexibility index (Phi) is 4.35. The third-order valence-electron chi connectivity index (χ3n) is 4.83. The highest BCUT2D eigenvalue weighted by atomic mass is 19.1. The number of rotatable bonds is 4. The first-order valence-electron chi connectivity index (χ1n) is 8.67. The summed E-state index contributed by atoms with van der Waals surface area (Å²) in [6, 6.07) is 11.7. The summed E-state index contributed by atoms with van der Waals surface area (Å²) in [5.74, 6) is -2.15. The molecule has 1 fully saturated rings. The van der Waals surface area contributed by atoms with Gasteiger partial charge in [0.05, 0.1) is 5.56 Å². The molecular weight excluding hydrogens is 351 g/mol. The highest BCUT2D eigenvalue weighted by Gasteiger charge is 2.41. The Morgan fingerprint density at radius 1 is 1.11 bits per heavy atom. The molecule has 1 N–H and O–H groups in total. The zero-order valence-corrected chi connectivity index (χ0v) is 14.4. The third kappa shape index (κ3) is 3.16. The Labute approximate surface area is 154 Å². The van der Waals surface area contributed by atoms with E-state index < -0.39 is 23.7 Å². The van der Waals surface area contributed by atoms with Crippen molar-refractivity contribution < 1.29 is 23.5 Å². The molecule has 7 heteroatoms. The highest BCUT2D eigenvalue weighted by Crippen LogP contribution is 2.33. The number of fused-ring (bicyclic) bond motifs is 1. The molecule has 4 rings (SSSR count). The van der Waals surface area contributed by atoms with Gasteiger partial charge in [-0.2, -0.15) is 0 Å². The highest BCUT2D eigenvalue weighted by molar-refractivity contribution is 6.05. The predicted molar refractivity (Wildman–Crippen MR) is 93.2 cm³/mol. The van der Waals surface area contributed by atoms with Crippen LogP contribution in [0, 0.1) is 5.82 Å². The van der Waals surface area contributed by atoms with Gasteiger partial charge in [-0.15, -0.1) is 0 Å². The molecule has 0 saturated carbocycles. The molecule has 0 aliphatic carbocycles. The van der Waals surface area contributed by atoms with Crippen LogP contribution >= 0.6 is 0 Å². The van der Waals surface area contributed by atoms with Crippen LogP contribution in [0.3, 0.4) is 0 Å². The lowest BCUT2D eigenvalue weighted by atomic mass is 10.0. The van der Waals surface area contributed by atoms with Crippen molar-refractivity contribution in [1.82, 2.24) is 10.2 Å². The predicted octanol–water partition coefficient (Wildman–Crippen LogP) is 2.17. The average Bonchev–Trinajstić information content (AvgIpc) is 2.99. The van der Waals surface area contributed by atoms with Crippen molar-refractivity contribution >= 4 is 17.7 Å². The van der Waals surface area contributed by atoms with Gasteiger partial charge < -0.3 is 9.64 Å². The number of nitrogens with zero attached hydrogens (tertiary/aromatic N) is 1. The van der Waals surface area contributed by atoms with Crippen molar-refractivity contribution in [3.63, 3.8) is 0 Å². The summed E-state index contributed by atoms with van der Waals surface area (Å²) >= 11 is 0. The zero-order chi connectivity index (χ0) is 19.0. The molecule has 0 radical (unpaired) electrons. The van der Waals surface area contributed by atoms with E-state index in [4.69, 9.17) is 4.74 Å². The average molecular weight is 368 g/mol. The topological polar surface area (TPSA) is 75.7 Å². The van der Waals surface area contributed by atoms with Gasteiger partial charge in [0.25, 0.3) is 5.91 Å². The fourth-order valence-electron chi connectivity index (χ4n) is 3.44. The van der Waals surface area contributed by atoms with Crippen molar-refractivity contribution in [2.75, 3.05) is 0 Å². The summed E-state index contributed by atoms with van der Waals surface area (Å²) in [4.78, 5) is 37.4. The van der Waals surface area contributed by atoms with Crippen LogP contribution in [0.2, 0.25) is 0 Å². The molecule has 2 aliphatic heterocycles. The molecule has 0 aromatic heterocycles. The van der Waals surface area contributed by atoms with Crippen LogP contribution in [0.1, 0.15) is 34.3 Å². The Bertz CT molecular complexity index is 929. The van der Waals surface area contributed by atoms with Gasteiger partial charge in [-0.3, -0.25) is 19.7 Å². The quantitative estimate of drug-likeness (QED) is 0.840. The number of ether oxygens (including phenoxy) is 1. The number of carbonyl (C=O) groups is 3. The molecular formula is C20H17FN2O4. The maximum Gasteiger partial charge on any atom is 0.258 e. The van der Waals surface area contributed by atoms with E-state index in [0.717, 1.165) is 5.56 Å². The van der Waals surface area contributed by atoms with Gasteiger partial charge in [0, 0.05) is 13.0 Å². The maximum atomic E-state index is 14.9. The smallest absolute Gasteiger partial charge is 0.258 e. The van der Waals surface area contributed by atoms with Crippen LogP contribution in [0.25, 0.3) is 0 Å². The first-order valence-corrected chi connectivity index (χ1v) is 8.67. The monoisotopic (exact) mass is 368 g/mol. The van der Waals surface area contributed by atoms with E-state index in [0.29, 0.717) is 5.56 Å². The SMILES string of the molecule is O=C1CCC(N2Cc3ccc(OCc4ccccc4)c(F)c3C2=O)C(=O)N1. The fraction of sp³-hybridized carbons (Fsp3) is 0.250. The van der Waals surface area contributed by atoms with Gasteiger partial charge in [-0.25, -0.2) is 4.39 Å². The van der Waals surface area contributed by atoms with Gasteiger partial charge in [0.15, 0.2) is 11.6 Å². The van der Waals surface area contributed by atoms with Crippen molar-refractivity contribution in [3.8, 4) is 5.75 Å². The number of halogens is 1. The van der Waals surface area contributed by atoms with E-state index in [1.807, 2.05) is 30.3 Å². The molecule has 2 heterocycles. The van der Waals surface area contributed by atoms with Crippen molar-refractivity contribution in [2.45, 2.75) is 32.0 Å². The number of piperidine rings is 1. The first-order chi connectivity index (χ1) is 13.0. The summed E-state index contributed by atoms with van der Waals surface area (Å²) in [7, 11) is 0. The van der Waals surface area contributed by atoms with Gasteiger partial charge in [-0.05, 0) is 23.6 Å². The molecule has 2 aliphatic rings. The number of hydrogen-bond acceptors (Lipinski definition) is 4. The minimum atomic E-state index is -0.768. The molecule has 27 heavy (non-hydrogen) atoms. The standard InChI is InChI=1S/C20H17FN2O4/c21-18-15(27-11-12-4-2-1-3-5-12)8-6-13-10-23(20(26)17(13)18)14-7-9-16(24)22-19(14)25/h1-6,8,14H,7,9-11H2,(H,22,24,25). The Morgan fingerprint density at radius 2 is 1.89 bits per heavy atom. The first kappa shape index (κ1) is 17.2. The van der Waals surface area contributed by atoms with Crippen LogP contribution in [0.4, 0.5) is 4.39 Å². The molecule has 0 bridgehead atoms. The number of benzene rings is 2. The minimum Gasteiger partial charge on any atom is -0.486 e. The maximum absolute atomic E-state index is 14.9. The summed E-state index contributed by atoms with van der Waals surface area (Å²) < 4.78 is 20.4. The third-order valence-corrected chi connectivity index (χ3v) is 4.83. The van der Waals surface area contributed by atoms with E-state index in [9.17, 15) is 18.8 Å². The Hall–Kier alpha value is -3.22. The van der Waals surface area contributed by atoms with Crippen molar-refractivity contribution in [2.24, 2.45) is 0 Å². The molecule has 2 aromatic rings. The summed E-state index contributed by atoms with van der Waals surface area (Å²) in [6.45, 7) is 0.317. The lowest BCUT2D eigenvalue weighted by Gasteiger charge is -2.29. The molecule has 3 amide bonds. The van der Waals surface area contributed by atoms with Crippen LogP contribution in [0.15, 0.2) is 42.5 Å². The number of carbonyl (C=O) groups excluding carboxylic acids is 3. The van der Waals surface area contributed by atoms with Crippen molar-refractivity contribution in [3.05, 3.63) is 65.0 Å². The molecule has 0 spiro atoms. The van der Waals surface area contributed by atoms with E-state index in [1.54, 1.807) is 6.07 Å². The largest absolute Gasteiger partial charge is 0.486 e. The van der Waals surface area contributed by atoms with Crippen LogP contribution in [-0.4, -0.2) is 28.7 Å². The molecule has 2 aromatic carbocycles. The van der Waals surface area contributed by atoms with Gasteiger partial charge >= 0.3 is 0 Å². The molecule has 1 atom stereocenters. The zero-order valence-electron chi connectivity index (χ0n) is 14.4. The lowest BCUT2D eigenvalue weighted by Crippen LogP contribution is -2.52. The van der Waals surface area contributed by atoms with E-state index in [-0.39, 0.29) is 43.2 Å². The molecule has 138 valence electrons. The second-order valence-corrected chi connectivity index (χ2v) is 6.59. The van der Waals surface area contributed by atoms with Crippen LogP contribution in [0.5, 0.6) is 5.75 Å². The lowest BCUT2D eigenvalue weighted by molar-refractivity contribution is -0.136.